The smallest absolute Gasteiger partial charge is 0.133 e. The summed E-state index contributed by atoms with van der Waals surface area (Å²) >= 11 is 13.1. The minimum Gasteiger partial charge on any atom is -0.232 e. The van der Waals surface area contributed by atoms with E-state index >= 15 is 0 Å². The zero-order valence-corrected chi connectivity index (χ0v) is 9.62. The molecule has 0 atom stereocenters. The Kier molecular flexibility index (Phi) is 2.72. The minimum absolute atomic E-state index is 0.456. The van der Waals surface area contributed by atoms with Gasteiger partial charge in [0.2, 0.25) is 0 Å². The lowest BCUT2D eigenvalue weighted by Gasteiger charge is -1.98. The maximum Gasteiger partial charge on any atom is 0.133 e. The molecule has 0 radical (unpaired) electrons. The van der Waals surface area contributed by atoms with Crippen LogP contribution < -0.4 is 0 Å². The summed E-state index contributed by atoms with van der Waals surface area (Å²) in [6.45, 7) is 1.81. The molecule has 0 saturated heterocycles. The first-order valence-electron chi connectivity index (χ1n) is 3.92. The fourth-order valence-electron chi connectivity index (χ4n) is 1.11. The maximum absolute atomic E-state index is 5.83. The van der Waals surface area contributed by atoms with E-state index in [0.29, 0.717) is 11.0 Å². The van der Waals surface area contributed by atoms with Crippen molar-refractivity contribution in [2.75, 3.05) is 0 Å². The van der Waals surface area contributed by atoms with Gasteiger partial charge in [0.15, 0.2) is 0 Å². The molecule has 0 bridgehead atoms. The highest BCUT2D eigenvalue weighted by molar-refractivity contribution is 7.19. The Morgan fingerprint density at radius 3 is 2.57 bits per heavy atom. The second-order valence-corrected chi connectivity index (χ2v) is 4.83. The Morgan fingerprint density at radius 2 is 2.00 bits per heavy atom. The molecule has 0 unspecified atom stereocenters. The van der Waals surface area contributed by atoms with Gasteiger partial charge in [-0.2, -0.15) is 0 Å². The van der Waals surface area contributed by atoms with Crippen LogP contribution in [0, 0.1) is 6.92 Å². The van der Waals surface area contributed by atoms with Gasteiger partial charge in [-0.3, -0.25) is 0 Å². The summed E-state index contributed by atoms with van der Waals surface area (Å²) in [5, 5.41) is 0.456. The Hall–Kier alpha value is -0.640. The quantitative estimate of drug-likeness (QED) is 0.713. The van der Waals surface area contributed by atoms with Crippen LogP contribution in [0.5, 0.6) is 0 Å². The average Bonchev–Trinajstić information content (AvgIpc) is 2.50. The van der Waals surface area contributed by atoms with Gasteiger partial charge in [-0.05, 0) is 19.1 Å². The molecule has 2 aromatic rings. The van der Waals surface area contributed by atoms with Crippen molar-refractivity contribution in [3.8, 4) is 10.6 Å². The molecule has 0 spiro atoms. The monoisotopic (exact) mass is 244 g/mol. The van der Waals surface area contributed by atoms with Crippen LogP contribution in [0.3, 0.4) is 0 Å². The molecule has 0 amide bonds. The highest BCUT2D eigenvalue weighted by atomic mass is 35.5. The molecule has 5 heteroatoms. The predicted octanol–water partition coefficient (Wildman–Crippen LogP) is 3.82. The van der Waals surface area contributed by atoms with Gasteiger partial charge in [0.05, 0.1) is 14.9 Å². The van der Waals surface area contributed by atoms with Crippen LogP contribution >= 0.6 is 34.5 Å². The molecule has 2 aromatic heterocycles. The van der Waals surface area contributed by atoms with E-state index in [9.17, 15) is 0 Å². The number of hydrogen-bond acceptors (Lipinski definition) is 3. The summed E-state index contributed by atoms with van der Waals surface area (Å²) < 4.78 is 0.743. The SMILES string of the molecule is Cc1nc(Cl)cc(-c2ccc(Cl)s2)n1. The number of halogens is 2. The molecule has 72 valence electrons. The zero-order valence-electron chi connectivity index (χ0n) is 7.29. The minimum atomic E-state index is 0.456. The van der Waals surface area contributed by atoms with Crippen LogP contribution in [0.2, 0.25) is 9.49 Å². The Bertz CT molecular complexity index is 447. The molecule has 0 aliphatic rings. The number of hydrogen-bond donors (Lipinski definition) is 0. The predicted molar refractivity (Wildman–Crippen MR) is 60.1 cm³/mol. The lowest BCUT2D eigenvalue weighted by Crippen LogP contribution is -1.89. The fraction of sp³-hybridized carbons (Fsp3) is 0.111. The van der Waals surface area contributed by atoms with Gasteiger partial charge in [-0.15, -0.1) is 11.3 Å². The standard InChI is InChI=1S/C9H6Cl2N2S/c1-5-12-6(4-8(10)13-5)7-2-3-9(11)14-7/h2-4H,1H3. The number of aromatic nitrogens is 2. The first-order valence-corrected chi connectivity index (χ1v) is 5.49. The summed E-state index contributed by atoms with van der Waals surface area (Å²) in [7, 11) is 0. The van der Waals surface area contributed by atoms with Crippen LogP contribution in [-0.2, 0) is 0 Å². The van der Waals surface area contributed by atoms with Gasteiger partial charge in [-0.25, -0.2) is 9.97 Å². The first-order chi connectivity index (χ1) is 6.65. The Morgan fingerprint density at radius 1 is 1.21 bits per heavy atom. The van der Waals surface area contributed by atoms with E-state index in [-0.39, 0.29) is 0 Å². The molecule has 0 aliphatic heterocycles. The van der Waals surface area contributed by atoms with Crippen molar-refractivity contribution in [2.24, 2.45) is 0 Å². The van der Waals surface area contributed by atoms with Gasteiger partial charge in [-0.1, -0.05) is 23.2 Å². The third-order valence-electron chi connectivity index (χ3n) is 1.63. The van der Waals surface area contributed by atoms with Crippen molar-refractivity contribution >= 4 is 34.5 Å². The van der Waals surface area contributed by atoms with Gasteiger partial charge in [0.25, 0.3) is 0 Å². The van der Waals surface area contributed by atoms with E-state index in [4.69, 9.17) is 23.2 Å². The molecule has 14 heavy (non-hydrogen) atoms. The average molecular weight is 245 g/mol. The van der Waals surface area contributed by atoms with Crippen LogP contribution in [0.25, 0.3) is 10.6 Å². The Balaban J connectivity index is 2.51. The molecule has 0 fully saturated rings. The maximum atomic E-state index is 5.83. The van der Waals surface area contributed by atoms with Gasteiger partial charge in [0, 0.05) is 6.07 Å². The van der Waals surface area contributed by atoms with Crippen molar-refractivity contribution in [1.82, 2.24) is 9.97 Å². The van der Waals surface area contributed by atoms with Crippen molar-refractivity contribution in [3.63, 3.8) is 0 Å². The number of aryl methyl sites for hydroxylation is 1. The van der Waals surface area contributed by atoms with Crippen LogP contribution in [0.1, 0.15) is 5.82 Å². The molecule has 0 aliphatic carbocycles. The molecule has 0 saturated carbocycles. The lowest BCUT2D eigenvalue weighted by molar-refractivity contribution is 1.06. The molecule has 2 heterocycles. The lowest BCUT2D eigenvalue weighted by atomic mass is 10.3. The summed E-state index contributed by atoms with van der Waals surface area (Å²) in [6, 6.07) is 5.49. The molecular weight excluding hydrogens is 239 g/mol. The number of nitrogens with zero attached hydrogens (tertiary/aromatic N) is 2. The summed E-state index contributed by atoms with van der Waals surface area (Å²) in [5.74, 6) is 0.664. The topological polar surface area (TPSA) is 25.8 Å². The third kappa shape index (κ3) is 2.05. The summed E-state index contributed by atoms with van der Waals surface area (Å²) in [4.78, 5) is 9.27. The second-order valence-electron chi connectivity index (χ2n) is 2.73. The van der Waals surface area contributed by atoms with Crippen LogP contribution in [-0.4, -0.2) is 9.97 Å². The van der Waals surface area contributed by atoms with Gasteiger partial charge in [0.1, 0.15) is 11.0 Å². The highest BCUT2D eigenvalue weighted by Crippen LogP contribution is 2.30. The second kappa shape index (κ2) is 3.85. The number of rotatable bonds is 1. The van der Waals surface area contributed by atoms with E-state index in [1.54, 1.807) is 6.07 Å². The fourth-order valence-corrected chi connectivity index (χ4v) is 2.34. The van der Waals surface area contributed by atoms with E-state index in [0.717, 1.165) is 14.9 Å². The highest BCUT2D eigenvalue weighted by Gasteiger charge is 2.05. The molecule has 2 nitrogen and oxygen atoms in total. The van der Waals surface area contributed by atoms with Crippen molar-refractivity contribution in [2.45, 2.75) is 6.92 Å². The zero-order chi connectivity index (χ0) is 10.1. The molecular formula is C9H6Cl2N2S. The van der Waals surface area contributed by atoms with E-state index in [2.05, 4.69) is 9.97 Å². The first kappa shape index (κ1) is 9.90. The number of thiophene rings is 1. The largest absolute Gasteiger partial charge is 0.232 e. The molecule has 0 N–H and O–H groups in total. The molecule has 0 aromatic carbocycles. The van der Waals surface area contributed by atoms with Gasteiger partial charge >= 0.3 is 0 Å². The van der Waals surface area contributed by atoms with Gasteiger partial charge < -0.3 is 0 Å². The van der Waals surface area contributed by atoms with Crippen LogP contribution in [0.4, 0.5) is 0 Å². The van der Waals surface area contributed by atoms with Crippen molar-refractivity contribution < 1.29 is 0 Å². The van der Waals surface area contributed by atoms with Crippen molar-refractivity contribution in [3.05, 3.63) is 33.5 Å². The van der Waals surface area contributed by atoms with E-state index < -0.39 is 0 Å². The van der Waals surface area contributed by atoms with E-state index in [1.165, 1.54) is 11.3 Å². The van der Waals surface area contributed by atoms with E-state index in [1.807, 2.05) is 19.1 Å². The molecule has 2 rings (SSSR count). The summed E-state index contributed by atoms with van der Waals surface area (Å²) in [6.07, 6.45) is 0. The normalized spacial score (nSPS) is 10.5. The Labute approximate surface area is 95.5 Å². The van der Waals surface area contributed by atoms with Crippen LogP contribution in [0.15, 0.2) is 18.2 Å². The van der Waals surface area contributed by atoms with Crippen molar-refractivity contribution in [1.29, 1.82) is 0 Å². The summed E-state index contributed by atoms with van der Waals surface area (Å²) in [5.41, 5.74) is 0.819. The third-order valence-corrected chi connectivity index (χ3v) is 3.08.